The van der Waals surface area contributed by atoms with Gasteiger partial charge >= 0.3 is 6.03 Å². The number of amides is 2. The molecule has 0 bridgehead atoms. The fourth-order valence-electron chi connectivity index (χ4n) is 3.43. The maximum absolute atomic E-state index is 12.9. The summed E-state index contributed by atoms with van der Waals surface area (Å²) in [5.41, 5.74) is 1.18. The van der Waals surface area contributed by atoms with Crippen LogP contribution in [0.1, 0.15) is 32.1 Å². The Hall–Kier alpha value is -3.35. The predicted molar refractivity (Wildman–Crippen MR) is 114 cm³/mol. The minimum absolute atomic E-state index is 0.0897. The predicted octanol–water partition coefficient (Wildman–Crippen LogP) is 4.04. The number of carbonyl (C=O) groups excluding carboxylic acids is 1. The van der Waals surface area contributed by atoms with Crippen molar-refractivity contribution in [3.63, 3.8) is 0 Å². The SMILES string of the molecule is CCC(c1nc2ccccc2c(=O)n1CC)N(C)C(=O)Nc1cccc(OC)c1. The van der Waals surface area contributed by atoms with E-state index >= 15 is 0 Å². The van der Waals surface area contributed by atoms with Gasteiger partial charge in [-0.25, -0.2) is 9.78 Å². The van der Waals surface area contributed by atoms with E-state index in [1.165, 1.54) is 0 Å². The van der Waals surface area contributed by atoms with Crippen molar-refractivity contribution >= 4 is 22.6 Å². The molecule has 1 aromatic heterocycles. The van der Waals surface area contributed by atoms with Gasteiger partial charge in [-0.1, -0.05) is 25.1 Å². The third-order valence-corrected chi connectivity index (χ3v) is 5.00. The minimum atomic E-state index is -0.349. The zero-order valence-corrected chi connectivity index (χ0v) is 17.2. The highest BCUT2D eigenvalue weighted by molar-refractivity contribution is 5.89. The van der Waals surface area contributed by atoms with Crippen LogP contribution in [-0.2, 0) is 6.54 Å². The number of hydrogen-bond donors (Lipinski definition) is 1. The highest BCUT2D eigenvalue weighted by Gasteiger charge is 2.25. The number of para-hydroxylation sites is 1. The Bertz CT molecular complexity index is 1080. The first kappa shape index (κ1) is 20.4. The Morgan fingerprint density at radius 1 is 1.21 bits per heavy atom. The van der Waals surface area contributed by atoms with E-state index in [9.17, 15) is 9.59 Å². The normalized spacial score (nSPS) is 11.9. The fourth-order valence-corrected chi connectivity index (χ4v) is 3.43. The van der Waals surface area contributed by atoms with Gasteiger partial charge in [-0.15, -0.1) is 0 Å². The van der Waals surface area contributed by atoms with E-state index in [2.05, 4.69) is 5.32 Å². The Morgan fingerprint density at radius 2 is 1.97 bits per heavy atom. The summed E-state index contributed by atoms with van der Waals surface area (Å²) in [5, 5.41) is 3.46. The second kappa shape index (κ2) is 8.77. The quantitative estimate of drug-likeness (QED) is 0.685. The highest BCUT2D eigenvalue weighted by Crippen LogP contribution is 2.24. The molecule has 0 fully saturated rings. The summed E-state index contributed by atoms with van der Waals surface area (Å²) in [7, 11) is 3.29. The van der Waals surface area contributed by atoms with Crippen molar-refractivity contribution in [3.8, 4) is 5.75 Å². The summed E-state index contributed by atoms with van der Waals surface area (Å²) >= 11 is 0. The second-order valence-electron chi connectivity index (χ2n) is 6.73. The topological polar surface area (TPSA) is 76.5 Å². The van der Waals surface area contributed by atoms with E-state index in [0.29, 0.717) is 41.1 Å². The van der Waals surface area contributed by atoms with Crippen LogP contribution in [0.2, 0.25) is 0 Å². The van der Waals surface area contributed by atoms with Gasteiger partial charge in [0, 0.05) is 25.3 Å². The first-order valence-corrected chi connectivity index (χ1v) is 9.67. The first-order valence-electron chi connectivity index (χ1n) is 9.67. The molecule has 1 atom stereocenters. The van der Waals surface area contributed by atoms with Gasteiger partial charge in [0.25, 0.3) is 5.56 Å². The van der Waals surface area contributed by atoms with Crippen LogP contribution in [0.4, 0.5) is 10.5 Å². The lowest BCUT2D eigenvalue weighted by molar-refractivity contribution is 0.198. The molecule has 0 radical (unpaired) electrons. The van der Waals surface area contributed by atoms with Crippen LogP contribution in [0, 0.1) is 0 Å². The van der Waals surface area contributed by atoms with Gasteiger partial charge in [0.1, 0.15) is 11.6 Å². The number of benzene rings is 2. The lowest BCUT2D eigenvalue weighted by Gasteiger charge is -2.29. The molecule has 2 amide bonds. The maximum atomic E-state index is 12.9. The number of aromatic nitrogens is 2. The molecule has 0 spiro atoms. The second-order valence-corrected chi connectivity index (χ2v) is 6.73. The molecule has 3 rings (SSSR count). The van der Waals surface area contributed by atoms with Gasteiger partial charge in [-0.3, -0.25) is 9.36 Å². The van der Waals surface area contributed by atoms with Gasteiger partial charge in [0.2, 0.25) is 0 Å². The third kappa shape index (κ3) is 4.08. The Labute approximate surface area is 169 Å². The van der Waals surface area contributed by atoms with E-state index in [1.54, 1.807) is 41.8 Å². The van der Waals surface area contributed by atoms with Gasteiger partial charge in [0.05, 0.1) is 24.1 Å². The zero-order chi connectivity index (χ0) is 21.0. The molecular formula is C22H26N4O3. The standard InChI is InChI=1S/C22H26N4O3/c1-5-19(25(3)22(28)23-15-10-9-11-16(14-15)29-4)20-24-18-13-8-7-12-17(18)21(27)26(20)6-2/h7-14,19H,5-6H2,1-4H3,(H,23,28). The zero-order valence-electron chi connectivity index (χ0n) is 17.2. The van der Waals surface area contributed by atoms with E-state index in [4.69, 9.17) is 9.72 Å². The first-order chi connectivity index (χ1) is 14.0. The molecule has 0 saturated carbocycles. The van der Waals surface area contributed by atoms with E-state index < -0.39 is 0 Å². The maximum Gasteiger partial charge on any atom is 0.322 e. The molecule has 0 saturated heterocycles. The monoisotopic (exact) mass is 394 g/mol. The molecule has 7 nitrogen and oxygen atoms in total. The van der Waals surface area contributed by atoms with Crippen LogP contribution < -0.4 is 15.6 Å². The number of methoxy groups -OCH3 is 1. The van der Waals surface area contributed by atoms with Crippen molar-refractivity contribution < 1.29 is 9.53 Å². The number of nitrogens with zero attached hydrogens (tertiary/aromatic N) is 3. The lowest BCUT2D eigenvalue weighted by atomic mass is 10.1. The van der Waals surface area contributed by atoms with Crippen LogP contribution in [0.3, 0.4) is 0 Å². The van der Waals surface area contributed by atoms with Crippen LogP contribution in [0.5, 0.6) is 5.75 Å². The Kier molecular flexibility index (Phi) is 6.16. The number of urea groups is 1. The van der Waals surface area contributed by atoms with Crippen LogP contribution in [0.25, 0.3) is 10.9 Å². The molecule has 2 aromatic carbocycles. The van der Waals surface area contributed by atoms with E-state index in [1.807, 2.05) is 44.2 Å². The molecule has 0 aliphatic rings. The Morgan fingerprint density at radius 3 is 2.66 bits per heavy atom. The largest absolute Gasteiger partial charge is 0.497 e. The number of anilines is 1. The summed E-state index contributed by atoms with van der Waals surface area (Å²) in [6, 6.07) is 13.8. The lowest BCUT2D eigenvalue weighted by Crippen LogP contribution is -2.38. The van der Waals surface area contributed by atoms with Gasteiger partial charge < -0.3 is 15.0 Å². The van der Waals surface area contributed by atoms with Crippen LogP contribution >= 0.6 is 0 Å². The van der Waals surface area contributed by atoms with Crippen molar-refractivity contribution in [2.75, 3.05) is 19.5 Å². The van der Waals surface area contributed by atoms with Crippen molar-refractivity contribution in [1.82, 2.24) is 14.5 Å². The van der Waals surface area contributed by atoms with E-state index in [0.717, 1.165) is 0 Å². The van der Waals surface area contributed by atoms with Gasteiger partial charge in [-0.05, 0) is 37.6 Å². The average molecular weight is 394 g/mol. The van der Waals surface area contributed by atoms with E-state index in [-0.39, 0.29) is 17.6 Å². The molecule has 0 aliphatic carbocycles. The fraction of sp³-hybridized carbons (Fsp3) is 0.318. The summed E-state index contributed by atoms with van der Waals surface area (Å²) in [4.78, 5) is 32.2. The molecule has 152 valence electrons. The smallest absolute Gasteiger partial charge is 0.322 e. The molecule has 29 heavy (non-hydrogen) atoms. The number of ether oxygens (including phenoxy) is 1. The van der Waals surface area contributed by atoms with Crippen LogP contribution in [0.15, 0.2) is 53.3 Å². The number of hydrogen-bond acceptors (Lipinski definition) is 4. The van der Waals surface area contributed by atoms with Crippen molar-refractivity contribution in [2.45, 2.75) is 32.9 Å². The average Bonchev–Trinajstić information content (AvgIpc) is 2.74. The van der Waals surface area contributed by atoms with Crippen molar-refractivity contribution in [2.24, 2.45) is 0 Å². The molecule has 1 N–H and O–H groups in total. The van der Waals surface area contributed by atoms with Crippen molar-refractivity contribution in [3.05, 3.63) is 64.7 Å². The number of carbonyl (C=O) groups is 1. The summed E-state index contributed by atoms with van der Waals surface area (Å²) < 4.78 is 6.85. The molecule has 1 heterocycles. The summed E-state index contributed by atoms with van der Waals surface area (Å²) in [6.07, 6.45) is 0.618. The minimum Gasteiger partial charge on any atom is -0.497 e. The van der Waals surface area contributed by atoms with Crippen molar-refractivity contribution in [1.29, 1.82) is 0 Å². The van der Waals surface area contributed by atoms with Gasteiger partial charge in [0.15, 0.2) is 0 Å². The summed E-state index contributed by atoms with van der Waals surface area (Å²) in [5.74, 6) is 1.25. The number of rotatable bonds is 6. The molecule has 3 aromatic rings. The Balaban J connectivity index is 1.95. The summed E-state index contributed by atoms with van der Waals surface area (Å²) in [6.45, 7) is 4.36. The number of fused-ring (bicyclic) bond motifs is 1. The highest BCUT2D eigenvalue weighted by atomic mass is 16.5. The van der Waals surface area contributed by atoms with Crippen LogP contribution in [-0.4, -0.2) is 34.6 Å². The molecule has 7 heteroatoms. The molecule has 1 unspecified atom stereocenters. The third-order valence-electron chi connectivity index (χ3n) is 5.00. The molecular weight excluding hydrogens is 368 g/mol. The van der Waals surface area contributed by atoms with Gasteiger partial charge in [-0.2, -0.15) is 0 Å². The molecule has 0 aliphatic heterocycles. The number of nitrogens with one attached hydrogen (secondary N) is 1.